The van der Waals surface area contributed by atoms with E-state index >= 15 is 0 Å². The van der Waals surface area contributed by atoms with Gasteiger partial charge in [0.2, 0.25) is 5.91 Å². The highest BCUT2D eigenvalue weighted by molar-refractivity contribution is 5.79. The van der Waals surface area contributed by atoms with Crippen molar-refractivity contribution in [3.05, 3.63) is 29.8 Å². The lowest BCUT2D eigenvalue weighted by Gasteiger charge is -2.35. The highest BCUT2D eigenvalue weighted by Gasteiger charge is 2.32. The van der Waals surface area contributed by atoms with E-state index in [9.17, 15) is 9.90 Å². The Hall–Kier alpha value is -2.12. The molecule has 0 aromatic heterocycles. The first kappa shape index (κ1) is 23.2. The molecule has 0 unspecified atom stereocenters. The number of carbonyl (C=O) groups excluding carboxylic acids is 1. The van der Waals surface area contributed by atoms with Gasteiger partial charge in [0.15, 0.2) is 0 Å². The van der Waals surface area contributed by atoms with Crippen LogP contribution in [0, 0.1) is 5.92 Å². The van der Waals surface area contributed by atoms with E-state index < -0.39 is 0 Å². The molecule has 2 fully saturated rings. The quantitative estimate of drug-likeness (QED) is 0.749. The molecule has 0 spiro atoms. The molecular weight excluding hydrogens is 370 g/mol. The normalized spacial score (nSPS) is 23.8. The van der Waals surface area contributed by atoms with Gasteiger partial charge >= 0.3 is 0 Å². The second kappa shape index (κ2) is 11.2. The van der Waals surface area contributed by atoms with Crippen molar-refractivity contribution < 1.29 is 19.8 Å². The molecule has 1 amide bonds. The Kier molecular flexibility index (Phi) is 8.92. The van der Waals surface area contributed by atoms with E-state index in [1.165, 1.54) is 5.56 Å². The Balaban J connectivity index is 0.000000941. The van der Waals surface area contributed by atoms with Gasteiger partial charge in [0.1, 0.15) is 5.75 Å². The van der Waals surface area contributed by atoms with Crippen LogP contribution in [0.15, 0.2) is 24.3 Å². The molecule has 2 aliphatic rings. The number of carboxylic acid groups (broad SMARTS) is 1. The molecule has 0 aliphatic carbocycles. The Morgan fingerprint density at radius 3 is 2.38 bits per heavy atom. The first-order valence-corrected chi connectivity index (χ1v) is 10.4. The minimum atomic E-state index is -0.250. The number of likely N-dealkylation sites (N-methyl/N-ethyl adjacent to an activating group) is 2. The SMILES string of the molecule is CN1C[C@H](C(=O)N2CCC(c3cccc(O)c3)CC2)CC[C@H](N(C)C)C1.O=CO. The molecular formula is C22H35N3O4. The third-order valence-electron chi connectivity index (χ3n) is 6.13. The molecule has 0 bridgehead atoms. The van der Waals surface area contributed by atoms with E-state index in [2.05, 4.69) is 41.9 Å². The van der Waals surface area contributed by atoms with Gasteiger partial charge < -0.3 is 24.9 Å². The fraction of sp³-hybridized carbons (Fsp3) is 0.636. The topological polar surface area (TPSA) is 84.3 Å². The van der Waals surface area contributed by atoms with Gasteiger partial charge in [0.25, 0.3) is 6.47 Å². The number of hydrogen-bond acceptors (Lipinski definition) is 5. The molecule has 162 valence electrons. The first-order valence-electron chi connectivity index (χ1n) is 10.4. The van der Waals surface area contributed by atoms with E-state index in [1.54, 1.807) is 6.07 Å². The molecule has 29 heavy (non-hydrogen) atoms. The predicted octanol–water partition coefficient (Wildman–Crippen LogP) is 2.07. The molecule has 2 aliphatic heterocycles. The summed E-state index contributed by atoms with van der Waals surface area (Å²) in [7, 11) is 6.40. The summed E-state index contributed by atoms with van der Waals surface area (Å²) >= 11 is 0. The van der Waals surface area contributed by atoms with Gasteiger partial charge in [-0.2, -0.15) is 0 Å². The van der Waals surface area contributed by atoms with Crippen LogP contribution in [0.3, 0.4) is 0 Å². The molecule has 2 N–H and O–H groups in total. The standard InChI is InChI=1S/C21H33N3O2.CH2O2/c1-22(2)19-8-7-18(14-23(3)15-19)21(26)24-11-9-16(10-12-24)17-5-4-6-20(25)13-17;2-1-3/h4-6,13,16,18-19,25H,7-12,14-15H2,1-3H3;1H,(H,2,3)/t18-,19+;/m1./s1. The first-order chi connectivity index (χ1) is 13.8. The zero-order valence-electron chi connectivity index (χ0n) is 17.8. The van der Waals surface area contributed by atoms with Crippen LogP contribution in [0.2, 0.25) is 0 Å². The molecule has 0 saturated carbocycles. The number of rotatable bonds is 3. The van der Waals surface area contributed by atoms with Crippen LogP contribution >= 0.6 is 0 Å². The number of nitrogens with zero attached hydrogens (tertiary/aromatic N) is 3. The third-order valence-corrected chi connectivity index (χ3v) is 6.13. The summed E-state index contributed by atoms with van der Waals surface area (Å²) in [5.41, 5.74) is 1.19. The average molecular weight is 406 g/mol. The lowest BCUT2D eigenvalue weighted by molar-refractivity contribution is -0.137. The van der Waals surface area contributed by atoms with Gasteiger partial charge in [-0.05, 0) is 70.4 Å². The van der Waals surface area contributed by atoms with Crippen molar-refractivity contribution in [3.63, 3.8) is 0 Å². The van der Waals surface area contributed by atoms with Crippen molar-refractivity contribution in [2.75, 3.05) is 47.3 Å². The van der Waals surface area contributed by atoms with Crippen molar-refractivity contribution in [3.8, 4) is 5.75 Å². The number of phenolic OH excluding ortho intramolecular Hbond substituents is 1. The number of piperidine rings is 1. The van der Waals surface area contributed by atoms with Gasteiger partial charge in [-0.3, -0.25) is 9.59 Å². The van der Waals surface area contributed by atoms with E-state index in [1.807, 2.05) is 12.1 Å². The monoisotopic (exact) mass is 405 g/mol. The number of carbonyl (C=O) groups is 2. The number of phenols is 1. The van der Waals surface area contributed by atoms with Crippen LogP contribution in [-0.2, 0) is 9.59 Å². The Morgan fingerprint density at radius 2 is 1.79 bits per heavy atom. The molecule has 2 atom stereocenters. The molecule has 1 aromatic carbocycles. The Bertz CT molecular complexity index is 659. The van der Waals surface area contributed by atoms with Crippen LogP contribution in [0.1, 0.15) is 37.2 Å². The van der Waals surface area contributed by atoms with E-state index in [0.29, 0.717) is 23.6 Å². The predicted molar refractivity (Wildman–Crippen MR) is 113 cm³/mol. The number of benzene rings is 1. The summed E-state index contributed by atoms with van der Waals surface area (Å²) in [5.74, 6) is 1.24. The average Bonchev–Trinajstić information content (AvgIpc) is 2.90. The highest BCUT2D eigenvalue weighted by Crippen LogP contribution is 2.31. The molecule has 2 saturated heterocycles. The summed E-state index contributed by atoms with van der Waals surface area (Å²) in [6, 6.07) is 8.11. The lowest BCUT2D eigenvalue weighted by atomic mass is 9.88. The Morgan fingerprint density at radius 1 is 1.14 bits per heavy atom. The summed E-state index contributed by atoms with van der Waals surface area (Å²) in [6.45, 7) is 3.32. The minimum absolute atomic E-state index is 0.127. The van der Waals surface area contributed by atoms with Crippen LogP contribution in [0.25, 0.3) is 0 Å². The fourth-order valence-electron chi connectivity index (χ4n) is 4.48. The maximum absolute atomic E-state index is 13.1. The molecule has 7 nitrogen and oxygen atoms in total. The smallest absolute Gasteiger partial charge is 0.290 e. The maximum atomic E-state index is 13.1. The van der Waals surface area contributed by atoms with Crippen LogP contribution in [0.4, 0.5) is 0 Å². The maximum Gasteiger partial charge on any atom is 0.290 e. The van der Waals surface area contributed by atoms with E-state index in [0.717, 1.165) is 51.9 Å². The summed E-state index contributed by atoms with van der Waals surface area (Å²) in [6.07, 6.45) is 4.04. The minimum Gasteiger partial charge on any atom is -0.508 e. The fourth-order valence-corrected chi connectivity index (χ4v) is 4.48. The molecule has 3 rings (SSSR count). The van der Waals surface area contributed by atoms with Crippen LogP contribution < -0.4 is 0 Å². The number of amides is 1. The van der Waals surface area contributed by atoms with Crippen molar-refractivity contribution in [1.29, 1.82) is 0 Å². The lowest BCUT2D eigenvalue weighted by Crippen LogP contribution is -2.44. The zero-order valence-corrected chi connectivity index (χ0v) is 17.8. The van der Waals surface area contributed by atoms with E-state index in [-0.39, 0.29) is 12.4 Å². The molecule has 2 heterocycles. The van der Waals surface area contributed by atoms with Gasteiger partial charge in [-0.25, -0.2) is 0 Å². The van der Waals surface area contributed by atoms with Crippen molar-refractivity contribution in [1.82, 2.24) is 14.7 Å². The second-order valence-electron chi connectivity index (χ2n) is 8.41. The van der Waals surface area contributed by atoms with Gasteiger partial charge in [-0.15, -0.1) is 0 Å². The third kappa shape index (κ3) is 6.72. The van der Waals surface area contributed by atoms with E-state index in [4.69, 9.17) is 9.90 Å². The molecule has 0 radical (unpaired) electrons. The molecule has 1 aromatic rings. The van der Waals surface area contributed by atoms with Gasteiger partial charge in [-0.1, -0.05) is 12.1 Å². The van der Waals surface area contributed by atoms with Crippen LogP contribution in [-0.4, -0.2) is 90.7 Å². The van der Waals surface area contributed by atoms with Gasteiger partial charge in [0, 0.05) is 32.2 Å². The van der Waals surface area contributed by atoms with Crippen molar-refractivity contribution in [2.24, 2.45) is 5.92 Å². The number of hydrogen-bond donors (Lipinski definition) is 2. The van der Waals surface area contributed by atoms with Crippen LogP contribution in [0.5, 0.6) is 5.75 Å². The summed E-state index contributed by atoms with van der Waals surface area (Å²) < 4.78 is 0. The molecule has 7 heteroatoms. The summed E-state index contributed by atoms with van der Waals surface area (Å²) in [4.78, 5) is 28.1. The van der Waals surface area contributed by atoms with Gasteiger partial charge in [0.05, 0.1) is 5.92 Å². The Labute approximate surface area is 173 Å². The largest absolute Gasteiger partial charge is 0.508 e. The van der Waals surface area contributed by atoms with Crippen molar-refractivity contribution >= 4 is 12.4 Å². The highest BCUT2D eigenvalue weighted by atomic mass is 16.3. The summed E-state index contributed by atoms with van der Waals surface area (Å²) in [5, 5.41) is 16.6. The van der Waals surface area contributed by atoms with Crippen molar-refractivity contribution in [2.45, 2.75) is 37.6 Å². The number of aromatic hydroxyl groups is 1. The second-order valence-corrected chi connectivity index (χ2v) is 8.41. The zero-order chi connectivity index (χ0) is 21.4. The number of likely N-dealkylation sites (tertiary alicyclic amines) is 2.